The number of nitrogens with zero attached hydrogens (tertiary/aromatic N) is 4. The van der Waals surface area contributed by atoms with Gasteiger partial charge in [0.25, 0.3) is 0 Å². The number of thiophene rings is 1. The van der Waals surface area contributed by atoms with Gasteiger partial charge >= 0.3 is 0 Å². The summed E-state index contributed by atoms with van der Waals surface area (Å²) in [4.78, 5) is 14.7. The first-order chi connectivity index (χ1) is 15.5. The first-order valence-electron chi connectivity index (χ1n) is 10.4. The van der Waals surface area contributed by atoms with E-state index in [4.69, 9.17) is 4.42 Å². The molecule has 0 spiro atoms. The molecule has 1 N–H and O–H groups in total. The van der Waals surface area contributed by atoms with Crippen LogP contribution < -0.4 is 5.32 Å². The third-order valence-electron chi connectivity index (χ3n) is 5.36. The van der Waals surface area contributed by atoms with Gasteiger partial charge in [-0.1, -0.05) is 6.92 Å². The lowest BCUT2D eigenvalue weighted by molar-refractivity contribution is -0.116. The average Bonchev–Trinajstić information content (AvgIpc) is 3.50. The van der Waals surface area contributed by atoms with Gasteiger partial charge in [-0.2, -0.15) is 15.6 Å². The summed E-state index contributed by atoms with van der Waals surface area (Å²) in [6.45, 7) is 5.43. The van der Waals surface area contributed by atoms with Crippen LogP contribution in [0.5, 0.6) is 0 Å². The summed E-state index contributed by atoms with van der Waals surface area (Å²) >= 11 is 1.54. The van der Waals surface area contributed by atoms with Crippen LogP contribution in [0.25, 0.3) is 11.5 Å². The van der Waals surface area contributed by atoms with Gasteiger partial charge in [-0.15, -0.1) is 10.2 Å². The number of amides is 1. The Labute approximate surface area is 191 Å². The predicted octanol–water partition coefficient (Wildman–Crippen LogP) is 2.70. The number of likely N-dealkylation sites (N-methyl/N-ethyl adjacent to an activating group) is 1. The van der Waals surface area contributed by atoms with Gasteiger partial charge in [0.2, 0.25) is 27.7 Å². The van der Waals surface area contributed by atoms with Crippen molar-refractivity contribution in [1.29, 1.82) is 0 Å². The van der Waals surface area contributed by atoms with Gasteiger partial charge < -0.3 is 14.6 Å². The zero-order chi connectivity index (χ0) is 22.6. The first kappa shape index (κ1) is 22.6. The van der Waals surface area contributed by atoms with Crippen LogP contribution in [0.1, 0.15) is 19.2 Å². The molecule has 1 fully saturated rings. The highest BCUT2D eigenvalue weighted by Crippen LogP contribution is 2.22. The molecule has 1 aliphatic rings. The number of piperazine rings is 1. The fraction of sp³-hybridized carbons (Fsp3) is 0.381. The van der Waals surface area contributed by atoms with E-state index < -0.39 is 10.0 Å². The number of sulfonamides is 1. The van der Waals surface area contributed by atoms with Gasteiger partial charge in [0.1, 0.15) is 0 Å². The van der Waals surface area contributed by atoms with E-state index in [1.54, 1.807) is 23.5 Å². The van der Waals surface area contributed by atoms with E-state index in [0.717, 1.165) is 25.2 Å². The monoisotopic (exact) mass is 475 g/mol. The predicted molar refractivity (Wildman–Crippen MR) is 122 cm³/mol. The topological polar surface area (TPSA) is 109 Å². The highest BCUT2D eigenvalue weighted by atomic mass is 32.2. The van der Waals surface area contributed by atoms with Gasteiger partial charge in [-0.3, -0.25) is 4.79 Å². The number of hydrogen-bond acceptors (Lipinski definition) is 8. The number of rotatable bonds is 8. The van der Waals surface area contributed by atoms with Crippen molar-refractivity contribution in [1.82, 2.24) is 19.4 Å². The summed E-state index contributed by atoms with van der Waals surface area (Å²) < 4.78 is 32.8. The third-order valence-corrected chi connectivity index (χ3v) is 7.95. The fourth-order valence-electron chi connectivity index (χ4n) is 3.45. The lowest BCUT2D eigenvalue weighted by atomic mass is 10.2. The number of aromatic nitrogens is 2. The molecule has 1 amide bonds. The number of carbonyl (C=O) groups is 1. The maximum Gasteiger partial charge on any atom is 0.248 e. The summed E-state index contributed by atoms with van der Waals surface area (Å²) in [5.74, 6) is 0.618. The molecule has 0 aliphatic carbocycles. The number of carbonyl (C=O) groups excluding carboxylic acids is 1. The quantitative estimate of drug-likeness (QED) is 0.533. The molecule has 0 unspecified atom stereocenters. The van der Waals surface area contributed by atoms with E-state index in [1.807, 2.05) is 16.8 Å². The van der Waals surface area contributed by atoms with Gasteiger partial charge in [0.15, 0.2) is 0 Å². The molecule has 0 atom stereocenters. The highest BCUT2D eigenvalue weighted by Gasteiger charge is 2.27. The van der Waals surface area contributed by atoms with E-state index in [2.05, 4.69) is 27.3 Å². The summed E-state index contributed by atoms with van der Waals surface area (Å²) in [5.41, 5.74) is 1.40. The van der Waals surface area contributed by atoms with E-state index in [1.165, 1.54) is 16.4 Å². The van der Waals surface area contributed by atoms with Crippen molar-refractivity contribution in [3.63, 3.8) is 0 Å². The van der Waals surface area contributed by atoms with Gasteiger partial charge in [0, 0.05) is 55.7 Å². The number of hydrogen-bond donors (Lipinski definition) is 1. The molecule has 1 saturated heterocycles. The van der Waals surface area contributed by atoms with Crippen molar-refractivity contribution in [3.8, 4) is 11.5 Å². The lowest BCUT2D eigenvalue weighted by Crippen LogP contribution is -2.48. The van der Waals surface area contributed by atoms with Crippen molar-refractivity contribution in [3.05, 3.63) is 47.0 Å². The molecule has 11 heteroatoms. The zero-order valence-corrected chi connectivity index (χ0v) is 19.4. The Morgan fingerprint density at radius 2 is 1.88 bits per heavy atom. The second-order valence-corrected chi connectivity index (χ2v) is 10.1. The van der Waals surface area contributed by atoms with Crippen molar-refractivity contribution in [2.45, 2.75) is 24.7 Å². The minimum atomic E-state index is -3.53. The van der Waals surface area contributed by atoms with Gasteiger partial charge in [-0.25, -0.2) is 8.42 Å². The molecule has 1 aromatic carbocycles. The van der Waals surface area contributed by atoms with Crippen LogP contribution in [0.4, 0.5) is 5.69 Å². The molecule has 170 valence electrons. The van der Waals surface area contributed by atoms with Crippen LogP contribution >= 0.6 is 11.3 Å². The van der Waals surface area contributed by atoms with Crippen LogP contribution in [-0.2, 0) is 21.2 Å². The standard InChI is InChI=1S/C21H25N5O4S2/c1-2-25-10-12-26(13-11-25)32(28,29)18-5-3-17(4-6-18)22-19(27)7-8-20-23-24-21(30-20)16-9-14-31-15-16/h3-6,9,14-15H,2,7-8,10-13H2,1H3,(H,22,27). The minimum absolute atomic E-state index is 0.174. The Balaban J connectivity index is 1.30. The zero-order valence-electron chi connectivity index (χ0n) is 17.7. The van der Waals surface area contributed by atoms with Crippen LogP contribution in [0.15, 0.2) is 50.4 Å². The second-order valence-electron chi connectivity index (χ2n) is 7.42. The molecule has 1 aliphatic heterocycles. The Bertz CT molecular complexity index is 1140. The van der Waals surface area contributed by atoms with Crippen molar-refractivity contribution in [2.24, 2.45) is 0 Å². The number of benzene rings is 1. The number of nitrogens with one attached hydrogen (secondary N) is 1. The van der Waals surface area contributed by atoms with Gasteiger partial charge in [0.05, 0.1) is 4.90 Å². The van der Waals surface area contributed by atoms with Crippen LogP contribution in [0.3, 0.4) is 0 Å². The Hall–Kier alpha value is -2.60. The molecular weight excluding hydrogens is 450 g/mol. The molecule has 32 heavy (non-hydrogen) atoms. The molecular formula is C21H25N5O4S2. The van der Waals surface area contributed by atoms with E-state index in [9.17, 15) is 13.2 Å². The molecule has 0 radical (unpaired) electrons. The SMILES string of the molecule is CCN1CCN(S(=O)(=O)c2ccc(NC(=O)CCc3nnc(-c4ccsc4)o3)cc2)CC1. The van der Waals surface area contributed by atoms with Crippen LogP contribution in [-0.4, -0.2) is 66.5 Å². The Kier molecular flexibility index (Phi) is 6.99. The maximum absolute atomic E-state index is 12.9. The molecule has 9 nitrogen and oxygen atoms in total. The average molecular weight is 476 g/mol. The summed E-state index contributed by atoms with van der Waals surface area (Å²) in [6, 6.07) is 8.16. The third kappa shape index (κ3) is 5.23. The molecule has 0 bridgehead atoms. The largest absolute Gasteiger partial charge is 0.421 e. The van der Waals surface area contributed by atoms with E-state index >= 15 is 0 Å². The number of anilines is 1. The highest BCUT2D eigenvalue weighted by molar-refractivity contribution is 7.89. The van der Waals surface area contributed by atoms with Crippen molar-refractivity contribution >= 4 is 33.0 Å². The maximum atomic E-state index is 12.9. The van der Waals surface area contributed by atoms with E-state index in [-0.39, 0.29) is 17.2 Å². The smallest absolute Gasteiger partial charge is 0.248 e. The minimum Gasteiger partial charge on any atom is -0.421 e. The van der Waals surface area contributed by atoms with Crippen molar-refractivity contribution in [2.75, 3.05) is 38.0 Å². The molecule has 2 aromatic heterocycles. The lowest BCUT2D eigenvalue weighted by Gasteiger charge is -2.33. The first-order valence-corrected chi connectivity index (χ1v) is 12.8. The fourth-order valence-corrected chi connectivity index (χ4v) is 5.50. The Morgan fingerprint density at radius 1 is 1.12 bits per heavy atom. The molecule has 0 saturated carbocycles. The summed E-state index contributed by atoms with van der Waals surface area (Å²) in [6.07, 6.45) is 0.492. The number of aryl methyl sites for hydroxylation is 1. The molecule has 3 aromatic rings. The van der Waals surface area contributed by atoms with Crippen molar-refractivity contribution < 1.29 is 17.6 Å². The normalized spacial score (nSPS) is 15.7. The molecule has 4 rings (SSSR count). The van der Waals surface area contributed by atoms with Crippen LogP contribution in [0, 0.1) is 0 Å². The Morgan fingerprint density at radius 3 is 2.53 bits per heavy atom. The van der Waals surface area contributed by atoms with E-state index in [0.29, 0.717) is 37.0 Å². The molecule has 3 heterocycles. The summed E-state index contributed by atoms with van der Waals surface area (Å²) in [5, 5.41) is 14.6. The van der Waals surface area contributed by atoms with Gasteiger partial charge in [-0.05, 0) is 42.3 Å². The summed E-state index contributed by atoms with van der Waals surface area (Å²) in [7, 11) is -3.53. The second kappa shape index (κ2) is 9.90. The van der Waals surface area contributed by atoms with Crippen LogP contribution in [0.2, 0.25) is 0 Å².